The molecule has 0 heterocycles. The molecule has 0 aliphatic carbocycles. The Kier molecular flexibility index (Phi) is 5.19. The quantitative estimate of drug-likeness (QED) is 0.737. The van der Waals surface area contributed by atoms with Crippen molar-refractivity contribution in [2.45, 2.75) is 23.3 Å². The second-order valence-corrected chi connectivity index (χ2v) is 8.42. The van der Waals surface area contributed by atoms with Gasteiger partial charge in [0.1, 0.15) is 0 Å². The van der Waals surface area contributed by atoms with Gasteiger partial charge < -0.3 is 0 Å². The van der Waals surface area contributed by atoms with Gasteiger partial charge in [-0.15, -0.1) is 0 Å². The summed E-state index contributed by atoms with van der Waals surface area (Å²) >= 11 is 0. The summed E-state index contributed by atoms with van der Waals surface area (Å²) < 4.78 is 49.1. The van der Waals surface area contributed by atoms with Crippen LogP contribution in [0.4, 0.5) is 0 Å². The number of hydrogen-bond donors (Lipinski definition) is 2. The van der Waals surface area contributed by atoms with E-state index in [4.69, 9.17) is 5.14 Å². The van der Waals surface area contributed by atoms with Gasteiger partial charge in [0.15, 0.2) is 5.78 Å². The minimum atomic E-state index is -3.78. The fraction of sp³-hybridized carbons (Fsp3) is 0.133. The van der Waals surface area contributed by atoms with Crippen LogP contribution < -0.4 is 9.86 Å². The summed E-state index contributed by atoms with van der Waals surface area (Å²) in [6.45, 7) is 1.38. The van der Waals surface area contributed by atoms with E-state index in [2.05, 4.69) is 4.72 Å². The molecule has 9 heteroatoms. The predicted octanol–water partition coefficient (Wildman–Crippen LogP) is 1.02. The van der Waals surface area contributed by atoms with Crippen molar-refractivity contribution < 1.29 is 21.6 Å². The number of rotatable bonds is 6. The molecule has 0 aliphatic heterocycles. The summed E-state index contributed by atoms with van der Waals surface area (Å²) in [7, 11) is -7.53. The SMILES string of the molecule is CC(=O)c1ccc(S(=O)(=O)NCc2ccc(S(N)(=O)=O)cc2)cc1. The highest BCUT2D eigenvalue weighted by Gasteiger charge is 2.14. The normalized spacial score (nSPS) is 12.1. The lowest BCUT2D eigenvalue weighted by Gasteiger charge is -2.08. The Morgan fingerprint density at radius 3 is 1.88 bits per heavy atom. The van der Waals surface area contributed by atoms with Crippen LogP contribution in [0.15, 0.2) is 58.3 Å². The van der Waals surface area contributed by atoms with Crippen LogP contribution in [0.1, 0.15) is 22.8 Å². The van der Waals surface area contributed by atoms with Gasteiger partial charge in [-0.25, -0.2) is 26.7 Å². The highest BCUT2D eigenvalue weighted by atomic mass is 32.2. The maximum Gasteiger partial charge on any atom is 0.240 e. The highest BCUT2D eigenvalue weighted by molar-refractivity contribution is 7.89. The molecule has 0 aromatic heterocycles. The average Bonchev–Trinajstić information content (AvgIpc) is 2.52. The highest BCUT2D eigenvalue weighted by Crippen LogP contribution is 2.13. The molecule has 128 valence electrons. The van der Waals surface area contributed by atoms with Gasteiger partial charge in [-0.3, -0.25) is 4.79 Å². The van der Waals surface area contributed by atoms with Gasteiger partial charge in [-0.05, 0) is 36.8 Å². The largest absolute Gasteiger partial charge is 0.295 e. The Balaban J connectivity index is 2.11. The average molecular weight is 368 g/mol. The Morgan fingerprint density at radius 2 is 1.42 bits per heavy atom. The Labute approximate surface area is 140 Å². The summed E-state index contributed by atoms with van der Waals surface area (Å²) in [5, 5.41) is 5.00. The number of carbonyl (C=O) groups excluding carboxylic acids is 1. The number of hydrogen-bond acceptors (Lipinski definition) is 5. The molecule has 3 N–H and O–H groups in total. The van der Waals surface area contributed by atoms with Crippen molar-refractivity contribution >= 4 is 25.8 Å². The minimum Gasteiger partial charge on any atom is -0.295 e. The zero-order chi connectivity index (χ0) is 18.0. The Morgan fingerprint density at radius 1 is 0.917 bits per heavy atom. The third kappa shape index (κ3) is 4.48. The molecule has 7 nitrogen and oxygen atoms in total. The van der Waals surface area contributed by atoms with Gasteiger partial charge in [-0.1, -0.05) is 24.3 Å². The molecule has 0 amide bonds. The number of sulfonamides is 2. The molecule has 24 heavy (non-hydrogen) atoms. The fourth-order valence-corrected chi connectivity index (χ4v) is 3.46. The van der Waals surface area contributed by atoms with Gasteiger partial charge in [0.05, 0.1) is 9.79 Å². The molecule has 0 aliphatic rings. The number of benzene rings is 2. The number of carbonyl (C=O) groups is 1. The topological polar surface area (TPSA) is 123 Å². The third-order valence-corrected chi connectivity index (χ3v) is 5.64. The standard InChI is InChI=1S/C15H16N2O5S2/c1-11(18)13-4-8-15(9-5-13)24(21,22)17-10-12-2-6-14(7-3-12)23(16,19)20/h2-9,17H,10H2,1H3,(H2,16,19,20). The van der Waals surface area contributed by atoms with E-state index in [0.29, 0.717) is 11.1 Å². The fourth-order valence-electron chi connectivity index (χ4n) is 1.93. The zero-order valence-electron chi connectivity index (χ0n) is 12.8. The number of nitrogens with two attached hydrogens (primary N) is 1. The zero-order valence-corrected chi connectivity index (χ0v) is 14.4. The van der Waals surface area contributed by atoms with Crippen molar-refractivity contribution in [2.24, 2.45) is 5.14 Å². The molecule has 0 spiro atoms. The van der Waals surface area contributed by atoms with Gasteiger partial charge in [0.2, 0.25) is 20.0 Å². The van der Waals surface area contributed by atoms with Gasteiger partial charge in [0.25, 0.3) is 0 Å². The van der Waals surface area contributed by atoms with E-state index >= 15 is 0 Å². The van der Waals surface area contributed by atoms with Crippen molar-refractivity contribution in [1.82, 2.24) is 4.72 Å². The molecule has 0 saturated carbocycles. The van der Waals surface area contributed by atoms with Crippen LogP contribution in [0.25, 0.3) is 0 Å². The summed E-state index contributed by atoms with van der Waals surface area (Å²) in [6, 6.07) is 11.1. The van der Waals surface area contributed by atoms with E-state index in [0.717, 1.165) is 0 Å². The summed E-state index contributed by atoms with van der Waals surface area (Å²) in [4.78, 5) is 11.2. The maximum atomic E-state index is 12.2. The predicted molar refractivity (Wildman–Crippen MR) is 88.3 cm³/mol. The van der Waals surface area contributed by atoms with Crippen molar-refractivity contribution in [3.63, 3.8) is 0 Å². The molecule has 0 fully saturated rings. The Hall–Kier alpha value is -2.07. The number of primary sulfonamides is 1. The summed E-state index contributed by atoms with van der Waals surface area (Å²) in [5.41, 5.74) is 0.999. The number of Topliss-reactive ketones (excluding diaryl/α,β-unsaturated/α-hetero) is 1. The van der Waals surface area contributed by atoms with E-state index in [1.165, 1.54) is 55.5 Å². The molecule has 0 unspecified atom stereocenters. The first kappa shape index (κ1) is 18.3. The van der Waals surface area contributed by atoms with E-state index < -0.39 is 20.0 Å². The molecule has 0 bridgehead atoms. The van der Waals surface area contributed by atoms with E-state index in [9.17, 15) is 21.6 Å². The van der Waals surface area contributed by atoms with Crippen LogP contribution in [0.2, 0.25) is 0 Å². The van der Waals surface area contributed by atoms with Crippen molar-refractivity contribution in [1.29, 1.82) is 0 Å². The van der Waals surface area contributed by atoms with Crippen molar-refractivity contribution in [3.8, 4) is 0 Å². The van der Waals surface area contributed by atoms with E-state index in [1.54, 1.807) is 0 Å². The lowest BCUT2D eigenvalue weighted by Crippen LogP contribution is -2.23. The van der Waals surface area contributed by atoms with Gasteiger partial charge in [-0.2, -0.15) is 0 Å². The second kappa shape index (κ2) is 6.81. The van der Waals surface area contributed by atoms with Crippen LogP contribution in [-0.2, 0) is 26.6 Å². The summed E-state index contributed by atoms with van der Waals surface area (Å²) in [6.07, 6.45) is 0. The first-order valence-corrected chi connectivity index (χ1v) is 9.85. The lowest BCUT2D eigenvalue weighted by atomic mass is 10.2. The van der Waals surface area contributed by atoms with Crippen molar-refractivity contribution in [3.05, 3.63) is 59.7 Å². The Bertz CT molecular complexity index is 948. The molecule has 2 rings (SSSR count). The van der Waals surface area contributed by atoms with Crippen LogP contribution in [0.5, 0.6) is 0 Å². The second-order valence-electron chi connectivity index (χ2n) is 5.09. The molecule has 2 aromatic rings. The van der Waals surface area contributed by atoms with E-state index in [1.807, 2.05) is 0 Å². The first-order valence-electron chi connectivity index (χ1n) is 6.82. The van der Waals surface area contributed by atoms with Crippen LogP contribution >= 0.6 is 0 Å². The monoisotopic (exact) mass is 368 g/mol. The number of nitrogens with one attached hydrogen (secondary N) is 1. The van der Waals surface area contributed by atoms with Crippen molar-refractivity contribution in [2.75, 3.05) is 0 Å². The molecule has 0 atom stereocenters. The van der Waals surface area contributed by atoms with Gasteiger partial charge in [0, 0.05) is 12.1 Å². The maximum absolute atomic E-state index is 12.2. The first-order chi connectivity index (χ1) is 11.1. The van der Waals surface area contributed by atoms with Crippen LogP contribution in [-0.4, -0.2) is 22.6 Å². The van der Waals surface area contributed by atoms with Gasteiger partial charge >= 0.3 is 0 Å². The minimum absolute atomic E-state index is 0.0122. The molecular weight excluding hydrogens is 352 g/mol. The smallest absolute Gasteiger partial charge is 0.240 e. The molecular formula is C15H16N2O5S2. The molecule has 0 saturated heterocycles. The van der Waals surface area contributed by atoms with Crippen LogP contribution in [0, 0.1) is 0 Å². The molecule has 2 aromatic carbocycles. The number of ketones is 1. The third-order valence-electron chi connectivity index (χ3n) is 3.29. The van der Waals surface area contributed by atoms with Crippen LogP contribution in [0.3, 0.4) is 0 Å². The summed E-state index contributed by atoms with van der Waals surface area (Å²) in [5.74, 6) is -0.151. The van der Waals surface area contributed by atoms with E-state index in [-0.39, 0.29) is 22.1 Å². The molecule has 0 radical (unpaired) electrons. The lowest BCUT2D eigenvalue weighted by molar-refractivity contribution is 0.101.